The number of hydrogen-bond donors (Lipinski definition) is 2. The largest absolute Gasteiger partial charge is 0.468 e. The monoisotopic (exact) mass is 359 g/mol. The number of carbonyl (C=O) groups is 1. The van der Waals surface area contributed by atoms with Gasteiger partial charge >= 0.3 is 5.97 Å². The van der Waals surface area contributed by atoms with Crippen LogP contribution in [-0.4, -0.2) is 42.2 Å². The highest BCUT2D eigenvalue weighted by molar-refractivity contribution is 14.1. The van der Waals surface area contributed by atoms with Gasteiger partial charge in [-0.05, 0) is 0 Å². The average molecular weight is 359 g/mol. The lowest BCUT2D eigenvalue weighted by molar-refractivity contribution is -0.139. The van der Waals surface area contributed by atoms with Crippen LogP contribution >= 0.6 is 22.6 Å². The van der Waals surface area contributed by atoms with Crippen molar-refractivity contribution in [2.45, 2.75) is 8.82 Å². The van der Waals surface area contributed by atoms with E-state index in [0.29, 0.717) is 0 Å². The summed E-state index contributed by atoms with van der Waals surface area (Å²) in [4.78, 5) is 11.1. The van der Waals surface area contributed by atoms with Crippen molar-refractivity contribution >= 4 is 38.6 Å². The molecule has 1 aromatic heterocycles. The molecule has 9 heteroatoms. The highest BCUT2D eigenvalue weighted by atomic mass is 127. The molecule has 1 rings (SSSR count). The molecule has 0 fully saturated rings. The molecule has 0 saturated carbocycles. The first-order chi connectivity index (χ1) is 7.47. The minimum Gasteiger partial charge on any atom is -0.468 e. The fourth-order valence-electron chi connectivity index (χ4n) is 0.863. The zero-order valence-corrected chi connectivity index (χ0v) is 11.3. The molecule has 1 heterocycles. The zero-order valence-electron chi connectivity index (χ0n) is 8.31. The molecular weight excluding hydrogens is 349 g/mol. The van der Waals surface area contributed by atoms with Gasteiger partial charge in [-0.15, -0.1) is 0 Å². The summed E-state index contributed by atoms with van der Waals surface area (Å²) in [6.45, 7) is -0.0270. The summed E-state index contributed by atoms with van der Waals surface area (Å²) in [5, 5.41) is 5.92. The van der Waals surface area contributed by atoms with Gasteiger partial charge in [0.1, 0.15) is 8.82 Å². The van der Waals surface area contributed by atoms with E-state index in [2.05, 4.69) is 19.7 Å². The van der Waals surface area contributed by atoms with E-state index in [1.807, 2.05) is 0 Å². The van der Waals surface area contributed by atoms with Crippen molar-refractivity contribution in [2.75, 3.05) is 13.7 Å². The third-order valence-corrected chi connectivity index (χ3v) is 4.03. The Bertz CT molecular complexity index is 444. The van der Waals surface area contributed by atoms with Crippen LogP contribution < -0.4 is 4.72 Å². The molecule has 0 radical (unpaired) electrons. The van der Waals surface area contributed by atoms with Crippen LogP contribution in [0.2, 0.25) is 0 Å². The third kappa shape index (κ3) is 3.42. The number of ether oxygens (including phenoxy) is 1. The Hall–Kier alpha value is -0.680. The number of alkyl halides is 1. The fourth-order valence-corrected chi connectivity index (χ4v) is 2.59. The second-order valence-corrected chi connectivity index (χ2v) is 6.05. The van der Waals surface area contributed by atoms with Gasteiger partial charge in [-0.25, -0.2) is 13.1 Å². The lowest BCUT2D eigenvalue weighted by atomic mass is 10.4. The summed E-state index contributed by atoms with van der Waals surface area (Å²) in [6, 6.07) is 0. The van der Waals surface area contributed by atoms with Gasteiger partial charge in [-0.3, -0.25) is 9.89 Å². The molecule has 16 heavy (non-hydrogen) atoms. The molecule has 1 atom stereocenters. The van der Waals surface area contributed by atoms with Gasteiger partial charge in [0.15, 0.2) is 0 Å². The average Bonchev–Trinajstić information content (AvgIpc) is 2.78. The van der Waals surface area contributed by atoms with Crippen molar-refractivity contribution in [3.63, 3.8) is 0 Å². The Labute approximate surface area is 106 Å². The van der Waals surface area contributed by atoms with Gasteiger partial charge in [0.05, 0.1) is 13.3 Å². The lowest BCUT2D eigenvalue weighted by Crippen LogP contribution is -2.33. The molecule has 7 nitrogen and oxygen atoms in total. The van der Waals surface area contributed by atoms with Crippen molar-refractivity contribution in [1.82, 2.24) is 14.9 Å². The van der Waals surface area contributed by atoms with Crippen molar-refractivity contribution in [2.24, 2.45) is 0 Å². The van der Waals surface area contributed by atoms with Crippen LogP contribution in [-0.2, 0) is 19.6 Å². The number of aromatic amines is 1. The van der Waals surface area contributed by atoms with Crippen LogP contribution in [0.5, 0.6) is 0 Å². The fraction of sp³-hybridized carbons (Fsp3) is 0.429. The Morgan fingerprint density at radius 3 is 2.94 bits per heavy atom. The molecule has 0 aliphatic heterocycles. The predicted molar refractivity (Wildman–Crippen MR) is 63.6 cm³/mol. The quantitative estimate of drug-likeness (QED) is 0.426. The Balaban J connectivity index is 2.59. The van der Waals surface area contributed by atoms with Gasteiger partial charge in [-0.2, -0.15) is 5.10 Å². The van der Waals surface area contributed by atoms with Crippen molar-refractivity contribution in [3.05, 3.63) is 12.4 Å². The van der Waals surface area contributed by atoms with Gasteiger partial charge < -0.3 is 4.74 Å². The molecule has 1 unspecified atom stereocenters. The highest BCUT2D eigenvalue weighted by Crippen LogP contribution is 2.07. The molecule has 0 aliphatic carbocycles. The summed E-state index contributed by atoms with van der Waals surface area (Å²) < 4.78 is 29.3. The number of nitrogens with zero attached hydrogens (tertiary/aromatic N) is 1. The molecule has 0 bridgehead atoms. The van der Waals surface area contributed by atoms with E-state index in [9.17, 15) is 13.2 Å². The smallest absolute Gasteiger partial charge is 0.319 e. The molecule has 2 N–H and O–H groups in total. The van der Waals surface area contributed by atoms with E-state index in [0.717, 1.165) is 0 Å². The number of carbonyl (C=O) groups excluding carboxylic acids is 1. The van der Waals surface area contributed by atoms with E-state index in [1.165, 1.54) is 19.5 Å². The predicted octanol–water partition coefficient (Wildman–Crippen LogP) is -0.335. The number of hydrogen-bond acceptors (Lipinski definition) is 5. The van der Waals surface area contributed by atoms with Crippen LogP contribution in [0.1, 0.15) is 0 Å². The summed E-state index contributed by atoms with van der Waals surface area (Å²) in [7, 11) is -2.36. The molecule has 0 aliphatic rings. The maximum atomic E-state index is 11.6. The third-order valence-electron chi connectivity index (χ3n) is 1.69. The van der Waals surface area contributed by atoms with E-state index >= 15 is 0 Å². The van der Waals surface area contributed by atoms with Crippen LogP contribution in [0.25, 0.3) is 0 Å². The zero-order chi connectivity index (χ0) is 12.2. The standard InChI is InChI=1S/C7H10IN3O4S/c1-15-7(12)6(8)4-11-16(13,14)5-2-9-10-3-5/h2-3,6,11H,4H2,1H3,(H,9,10). The van der Waals surface area contributed by atoms with Crippen LogP contribution in [0.15, 0.2) is 17.3 Å². The minimum atomic E-state index is -3.61. The van der Waals surface area contributed by atoms with E-state index in [1.54, 1.807) is 22.6 Å². The van der Waals surface area contributed by atoms with E-state index < -0.39 is 19.9 Å². The van der Waals surface area contributed by atoms with Crippen molar-refractivity contribution in [3.8, 4) is 0 Å². The summed E-state index contributed by atoms with van der Waals surface area (Å²) in [5.74, 6) is -0.476. The Morgan fingerprint density at radius 1 is 1.75 bits per heavy atom. The second kappa shape index (κ2) is 5.59. The first-order valence-electron chi connectivity index (χ1n) is 4.17. The maximum Gasteiger partial charge on any atom is 0.319 e. The number of esters is 1. The number of rotatable bonds is 5. The van der Waals surface area contributed by atoms with Gasteiger partial charge in [0.2, 0.25) is 10.0 Å². The number of nitrogens with one attached hydrogen (secondary N) is 2. The van der Waals surface area contributed by atoms with Crippen molar-refractivity contribution in [1.29, 1.82) is 0 Å². The topological polar surface area (TPSA) is 101 Å². The molecule has 1 aromatic rings. The summed E-state index contributed by atoms with van der Waals surface area (Å²) in [6.07, 6.45) is 2.44. The van der Waals surface area contributed by atoms with Gasteiger partial charge in [0, 0.05) is 12.7 Å². The SMILES string of the molecule is COC(=O)C(I)CNS(=O)(=O)c1cn[nH]c1. The Morgan fingerprint density at radius 2 is 2.44 bits per heavy atom. The van der Waals surface area contributed by atoms with Crippen LogP contribution in [0, 0.1) is 0 Å². The van der Waals surface area contributed by atoms with Crippen LogP contribution in [0.4, 0.5) is 0 Å². The van der Waals surface area contributed by atoms with E-state index in [4.69, 9.17) is 0 Å². The normalized spacial score (nSPS) is 13.4. The Kier molecular flexibility index (Phi) is 4.68. The number of aromatic nitrogens is 2. The van der Waals surface area contributed by atoms with Gasteiger partial charge in [-0.1, -0.05) is 22.6 Å². The molecule has 0 aromatic carbocycles. The summed E-state index contributed by atoms with van der Waals surface area (Å²) in [5.41, 5.74) is 0. The minimum absolute atomic E-state index is 0.0270. The first kappa shape index (κ1) is 13.4. The lowest BCUT2D eigenvalue weighted by Gasteiger charge is -2.08. The number of methoxy groups -OCH3 is 1. The maximum absolute atomic E-state index is 11.6. The molecular formula is C7H10IN3O4S. The van der Waals surface area contributed by atoms with Crippen LogP contribution in [0.3, 0.4) is 0 Å². The second-order valence-electron chi connectivity index (χ2n) is 2.78. The van der Waals surface area contributed by atoms with E-state index in [-0.39, 0.29) is 11.4 Å². The number of halogens is 1. The molecule has 90 valence electrons. The highest BCUT2D eigenvalue weighted by Gasteiger charge is 2.20. The molecule has 0 saturated heterocycles. The van der Waals surface area contributed by atoms with Crippen molar-refractivity contribution < 1.29 is 17.9 Å². The summed E-state index contributed by atoms with van der Waals surface area (Å²) >= 11 is 1.80. The molecule has 0 amide bonds. The number of sulfonamides is 1. The molecule has 0 spiro atoms. The number of H-pyrrole nitrogens is 1. The first-order valence-corrected chi connectivity index (χ1v) is 6.90. The van der Waals surface area contributed by atoms with Gasteiger partial charge in [0.25, 0.3) is 0 Å².